The van der Waals surface area contributed by atoms with Crippen LogP contribution in [0.4, 0.5) is 4.39 Å². The molecule has 0 unspecified atom stereocenters. The van der Waals surface area contributed by atoms with Crippen molar-refractivity contribution in [3.8, 4) is 0 Å². The summed E-state index contributed by atoms with van der Waals surface area (Å²) in [4.78, 5) is 0. The second-order valence-electron chi connectivity index (χ2n) is 2.63. The molecule has 1 rings (SSSR count). The molecule has 0 radical (unpaired) electrons. The molecular formula is C9H11BrFN. The van der Waals surface area contributed by atoms with Gasteiger partial charge in [-0.05, 0) is 11.6 Å². The zero-order chi connectivity index (χ0) is 8.97. The fourth-order valence-electron chi connectivity index (χ4n) is 0.986. The van der Waals surface area contributed by atoms with Crippen LogP contribution in [-0.2, 0) is 6.42 Å². The van der Waals surface area contributed by atoms with Crippen molar-refractivity contribution in [2.45, 2.75) is 12.6 Å². The Hall–Kier alpha value is -0.410. The maximum atomic E-state index is 12.9. The Morgan fingerprint density at radius 3 is 2.67 bits per heavy atom. The first-order valence-electron chi connectivity index (χ1n) is 3.81. The second-order valence-corrected chi connectivity index (χ2v) is 3.48. The number of alkyl halides is 1. The smallest absolute Gasteiger partial charge is 0.116 e. The van der Waals surface area contributed by atoms with Gasteiger partial charge in [-0.1, -0.05) is 34.1 Å². The average molecular weight is 232 g/mol. The van der Waals surface area contributed by atoms with Crippen LogP contribution in [0.1, 0.15) is 5.56 Å². The molecule has 1 atom stereocenters. The summed E-state index contributed by atoms with van der Waals surface area (Å²) in [6, 6.07) is 7.59. The summed E-state index contributed by atoms with van der Waals surface area (Å²) in [7, 11) is 0. The summed E-state index contributed by atoms with van der Waals surface area (Å²) in [6.45, 7) is 0.0847. The Bertz CT molecular complexity index is 252. The maximum absolute atomic E-state index is 12.9. The SMILES string of the molecule is NC[C@H](F)Cc1ccccc1Br. The molecule has 1 aromatic carbocycles. The molecule has 0 aliphatic rings. The minimum atomic E-state index is -0.941. The molecule has 12 heavy (non-hydrogen) atoms. The van der Waals surface area contributed by atoms with Gasteiger partial charge in [-0.15, -0.1) is 0 Å². The normalized spacial score (nSPS) is 12.9. The second kappa shape index (κ2) is 4.58. The quantitative estimate of drug-likeness (QED) is 0.850. The highest BCUT2D eigenvalue weighted by molar-refractivity contribution is 9.10. The molecule has 0 aliphatic carbocycles. The molecule has 1 nitrogen and oxygen atoms in total. The molecule has 0 spiro atoms. The Morgan fingerprint density at radius 1 is 1.42 bits per heavy atom. The predicted molar refractivity (Wildman–Crippen MR) is 51.8 cm³/mol. The molecule has 0 bridgehead atoms. The lowest BCUT2D eigenvalue weighted by atomic mass is 10.1. The number of hydrogen-bond donors (Lipinski definition) is 1. The van der Waals surface area contributed by atoms with E-state index in [2.05, 4.69) is 15.9 Å². The van der Waals surface area contributed by atoms with E-state index in [-0.39, 0.29) is 6.54 Å². The number of nitrogens with two attached hydrogens (primary N) is 1. The molecule has 0 fully saturated rings. The maximum Gasteiger partial charge on any atom is 0.116 e. The Labute approximate surface area is 79.9 Å². The molecule has 0 aliphatic heterocycles. The van der Waals surface area contributed by atoms with Crippen molar-refractivity contribution in [2.75, 3.05) is 6.54 Å². The summed E-state index contributed by atoms with van der Waals surface area (Å²) in [5.41, 5.74) is 6.15. The Kier molecular flexibility index (Phi) is 3.69. The molecule has 0 saturated heterocycles. The first-order valence-corrected chi connectivity index (χ1v) is 4.61. The average Bonchev–Trinajstić information content (AvgIpc) is 2.09. The van der Waals surface area contributed by atoms with Crippen LogP contribution in [-0.4, -0.2) is 12.7 Å². The van der Waals surface area contributed by atoms with Gasteiger partial charge in [0.1, 0.15) is 6.17 Å². The molecule has 0 saturated carbocycles. The van der Waals surface area contributed by atoms with E-state index in [1.807, 2.05) is 24.3 Å². The van der Waals surface area contributed by atoms with E-state index in [1.165, 1.54) is 0 Å². The van der Waals surface area contributed by atoms with Gasteiger partial charge < -0.3 is 5.73 Å². The fraction of sp³-hybridized carbons (Fsp3) is 0.333. The van der Waals surface area contributed by atoms with Gasteiger partial charge in [-0.2, -0.15) is 0 Å². The largest absolute Gasteiger partial charge is 0.328 e. The van der Waals surface area contributed by atoms with Crippen molar-refractivity contribution in [1.29, 1.82) is 0 Å². The summed E-state index contributed by atoms with van der Waals surface area (Å²) in [5, 5.41) is 0. The van der Waals surface area contributed by atoms with Crippen LogP contribution in [0.2, 0.25) is 0 Å². The van der Waals surface area contributed by atoms with Gasteiger partial charge in [0, 0.05) is 17.4 Å². The van der Waals surface area contributed by atoms with Gasteiger partial charge >= 0.3 is 0 Å². The number of benzene rings is 1. The van der Waals surface area contributed by atoms with Crippen LogP contribution in [0, 0.1) is 0 Å². The molecule has 0 amide bonds. The van der Waals surface area contributed by atoms with Gasteiger partial charge in [0.15, 0.2) is 0 Å². The minimum Gasteiger partial charge on any atom is -0.328 e. The van der Waals surface area contributed by atoms with Gasteiger partial charge in [0.05, 0.1) is 0 Å². The third-order valence-electron chi connectivity index (χ3n) is 1.65. The lowest BCUT2D eigenvalue weighted by Gasteiger charge is -2.06. The van der Waals surface area contributed by atoms with Crippen molar-refractivity contribution in [3.63, 3.8) is 0 Å². The molecule has 0 aromatic heterocycles. The van der Waals surface area contributed by atoms with E-state index in [0.717, 1.165) is 10.0 Å². The van der Waals surface area contributed by atoms with Crippen molar-refractivity contribution in [2.24, 2.45) is 5.73 Å². The van der Waals surface area contributed by atoms with Crippen LogP contribution < -0.4 is 5.73 Å². The van der Waals surface area contributed by atoms with Gasteiger partial charge in [0.25, 0.3) is 0 Å². The third-order valence-corrected chi connectivity index (χ3v) is 2.43. The van der Waals surface area contributed by atoms with Gasteiger partial charge in [-0.3, -0.25) is 0 Å². The number of rotatable bonds is 3. The molecule has 0 heterocycles. The minimum absolute atomic E-state index is 0.0847. The molecule has 2 N–H and O–H groups in total. The molecule has 3 heteroatoms. The summed E-state index contributed by atoms with van der Waals surface area (Å²) >= 11 is 3.35. The van der Waals surface area contributed by atoms with E-state index in [0.29, 0.717) is 6.42 Å². The lowest BCUT2D eigenvalue weighted by Crippen LogP contribution is -2.17. The molecule has 66 valence electrons. The highest BCUT2D eigenvalue weighted by atomic mass is 79.9. The first-order chi connectivity index (χ1) is 5.74. The standard InChI is InChI=1S/C9H11BrFN/c10-9-4-2-1-3-7(9)5-8(11)6-12/h1-4,8H,5-6,12H2/t8-/m1/s1. The monoisotopic (exact) mass is 231 g/mol. The van der Waals surface area contributed by atoms with Gasteiger partial charge in [0.2, 0.25) is 0 Å². The first kappa shape index (κ1) is 9.68. The van der Waals surface area contributed by atoms with Crippen LogP contribution in [0.15, 0.2) is 28.7 Å². The number of hydrogen-bond acceptors (Lipinski definition) is 1. The zero-order valence-corrected chi connectivity index (χ0v) is 8.22. The summed E-state index contributed by atoms with van der Waals surface area (Å²) in [6.07, 6.45) is -0.554. The van der Waals surface area contributed by atoms with Crippen molar-refractivity contribution in [3.05, 3.63) is 34.3 Å². The van der Waals surface area contributed by atoms with Crippen molar-refractivity contribution < 1.29 is 4.39 Å². The van der Waals surface area contributed by atoms with Crippen molar-refractivity contribution in [1.82, 2.24) is 0 Å². The lowest BCUT2D eigenvalue weighted by molar-refractivity contribution is 0.340. The molecular weight excluding hydrogens is 221 g/mol. The summed E-state index contributed by atoms with van der Waals surface area (Å²) < 4.78 is 13.8. The summed E-state index contributed by atoms with van der Waals surface area (Å²) in [5.74, 6) is 0. The van der Waals surface area contributed by atoms with Crippen LogP contribution in [0.3, 0.4) is 0 Å². The zero-order valence-electron chi connectivity index (χ0n) is 6.63. The van der Waals surface area contributed by atoms with Crippen LogP contribution in [0.25, 0.3) is 0 Å². The predicted octanol–water partition coefficient (Wildman–Crippen LogP) is 2.29. The number of halogens is 2. The van der Waals surface area contributed by atoms with E-state index in [1.54, 1.807) is 0 Å². The Balaban J connectivity index is 2.69. The Morgan fingerprint density at radius 2 is 2.08 bits per heavy atom. The van der Waals surface area contributed by atoms with E-state index in [4.69, 9.17) is 5.73 Å². The highest BCUT2D eigenvalue weighted by Gasteiger charge is 2.06. The molecule has 1 aromatic rings. The topological polar surface area (TPSA) is 26.0 Å². The van der Waals surface area contributed by atoms with Gasteiger partial charge in [-0.25, -0.2) is 4.39 Å². The van der Waals surface area contributed by atoms with E-state index in [9.17, 15) is 4.39 Å². The van der Waals surface area contributed by atoms with Crippen molar-refractivity contribution >= 4 is 15.9 Å². The highest BCUT2D eigenvalue weighted by Crippen LogP contribution is 2.17. The third kappa shape index (κ3) is 2.57. The fourth-order valence-corrected chi connectivity index (χ4v) is 1.43. The van der Waals surface area contributed by atoms with Crippen LogP contribution >= 0.6 is 15.9 Å². The van der Waals surface area contributed by atoms with E-state index >= 15 is 0 Å². The van der Waals surface area contributed by atoms with Crippen LogP contribution in [0.5, 0.6) is 0 Å². The van der Waals surface area contributed by atoms with E-state index < -0.39 is 6.17 Å².